The zero-order chi connectivity index (χ0) is 12.4. The quantitative estimate of drug-likeness (QED) is 0.882. The maximum atomic E-state index is 9.52. The van der Waals surface area contributed by atoms with Gasteiger partial charge in [-0.05, 0) is 35.4 Å². The maximum Gasteiger partial charge on any atom is 0.157 e. The second-order valence-corrected chi connectivity index (χ2v) is 5.03. The minimum absolute atomic E-state index is 0.00123. The van der Waals surface area contributed by atoms with Gasteiger partial charge in [-0.25, -0.2) is 0 Å². The zero-order valence-electron chi connectivity index (χ0n) is 10.2. The van der Waals surface area contributed by atoms with Crippen molar-refractivity contribution in [3.63, 3.8) is 0 Å². The van der Waals surface area contributed by atoms with Crippen molar-refractivity contribution < 1.29 is 5.11 Å². The molecule has 3 rings (SSSR count). The molecule has 0 spiro atoms. The van der Waals surface area contributed by atoms with Gasteiger partial charge >= 0.3 is 0 Å². The molecule has 1 aliphatic carbocycles. The van der Waals surface area contributed by atoms with E-state index in [0.29, 0.717) is 0 Å². The summed E-state index contributed by atoms with van der Waals surface area (Å²) < 4.78 is 1.76. The minimum Gasteiger partial charge on any atom is -0.396 e. The molecule has 0 bridgehead atoms. The number of hydrogen-bond donors (Lipinski definition) is 1. The van der Waals surface area contributed by atoms with Crippen molar-refractivity contribution in [2.24, 2.45) is 5.41 Å². The molecular formula is C13H16N4O. The van der Waals surface area contributed by atoms with E-state index < -0.39 is 0 Å². The van der Waals surface area contributed by atoms with Gasteiger partial charge in [-0.3, -0.25) is 0 Å². The number of para-hydroxylation sites is 1. The van der Waals surface area contributed by atoms with Gasteiger partial charge in [0.05, 0.1) is 5.69 Å². The van der Waals surface area contributed by atoms with Crippen molar-refractivity contribution in [1.29, 1.82) is 0 Å². The van der Waals surface area contributed by atoms with E-state index >= 15 is 0 Å². The molecule has 0 saturated heterocycles. The van der Waals surface area contributed by atoms with Crippen LogP contribution in [0.2, 0.25) is 0 Å². The number of benzene rings is 1. The van der Waals surface area contributed by atoms with Crippen LogP contribution in [0.3, 0.4) is 0 Å². The highest BCUT2D eigenvalue weighted by Crippen LogP contribution is 2.42. The first kappa shape index (κ1) is 11.3. The van der Waals surface area contributed by atoms with Crippen LogP contribution in [0, 0.1) is 5.41 Å². The van der Waals surface area contributed by atoms with Crippen molar-refractivity contribution in [3.8, 4) is 5.69 Å². The third-order valence-electron chi connectivity index (χ3n) is 3.82. The van der Waals surface area contributed by atoms with Gasteiger partial charge in [0, 0.05) is 18.4 Å². The van der Waals surface area contributed by atoms with Crippen LogP contribution in [0.25, 0.3) is 5.69 Å². The Morgan fingerprint density at radius 1 is 1.22 bits per heavy atom. The molecule has 1 fully saturated rings. The average Bonchev–Trinajstić information content (AvgIpc) is 2.83. The first-order valence-corrected chi connectivity index (χ1v) is 6.27. The third-order valence-corrected chi connectivity index (χ3v) is 3.82. The molecule has 18 heavy (non-hydrogen) atoms. The molecule has 2 aromatic rings. The molecule has 1 N–H and O–H groups in total. The van der Waals surface area contributed by atoms with Gasteiger partial charge in [-0.1, -0.05) is 24.6 Å². The number of aliphatic hydroxyl groups is 1. The highest BCUT2D eigenvalue weighted by molar-refractivity contribution is 5.30. The lowest BCUT2D eigenvalue weighted by molar-refractivity contribution is 0.0425. The van der Waals surface area contributed by atoms with E-state index in [1.165, 1.54) is 6.42 Å². The Morgan fingerprint density at radius 3 is 2.61 bits per heavy atom. The Kier molecular flexibility index (Phi) is 2.83. The van der Waals surface area contributed by atoms with Crippen molar-refractivity contribution in [1.82, 2.24) is 20.2 Å². The van der Waals surface area contributed by atoms with Gasteiger partial charge < -0.3 is 5.11 Å². The molecule has 1 aliphatic rings. The number of nitrogens with zero attached hydrogens (tertiary/aromatic N) is 4. The van der Waals surface area contributed by atoms with Crippen LogP contribution in [0.1, 0.15) is 25.1 Å². The van der Waals surface area contributed by atoms with Crippen molar-refractivity contribution in [2.75, 3.05) is 6.61 Å². The number of tetrazole rings is 1. The van der Waals surface area contributed by atoms with Crippen LogP contribution >= 0.6 is 0 Å². The van der Waals surface area contributed by atoms with E-state index in [-0.39, 0.29) is 12.0 Å². The predicted molar refractivity (Wildman–Crippen MR) is 66.2 cm³/mol. The molecular weight excluding hydrogens is 228 g/mol. The summed E-state index contributed by atoms with van der Waals surface area (Å²) in [6.45, 7) is 0.217. The molecule has 0 atom stereocenters. The summed E-state index contributed by atoms with van der Waals surface area (Å²) >= 11 is 0. The Labute approximate surface area is 105 Å². The minimum atomic E-state index is 0.00123. The Morgan fingerprint density at radius 2 is 2.00 bits per heavy atom. The normalized spacial score (nSPS) is 17.4. The molecule has 0 unspecified atom stereocenters. The third kappa shape index (κ3) is 1.90. The summed E-state index contributed by atoms with van der Waals surface area (Å²) in [6.07, 6.45) is 4.05. The summed E-state index contributed by atoms with van der Waals surface area (Å²) in [5.74, 6) is 0.829. The number of aromatic nitrogens is 4. The molecule has 1 aromatic carbocycles. The lowest BCUT2D eigenvalue weighted by Gasteiger charge is -2.39. The highest BCUT2D eigenvalue weighted by Gasteiger charge is 2.38. The molecule has 5 nitrogen and oxygen atoms in total. The summed E-state index contributed by atoms with van der Waals surface area (Å²) in [5, 5.41) is 21.4. The largest absolute Gasteiger partial charge is 0.396 e. The standard InChI is InChI=1S/C13H16N4O/c18-10-13(7-4-8-13)9-12-14-15-16-17(12)11-5-2-1-3-6-11/h1-3,5-6,18H,4,7-10H2. The van der Waals surface area contributed by atoms with E-state index in [1.807, 2.05) is 30.3 Å². The smallest absolute Gasteiger partial charge is 0.157 e. The molecule has 0 radical (unpaired) electrons. The second-order valence-electron chi connectivity index (χ2n) is 5.03. The average molecular weight is 244 g/mol. The van der Waals surface area contributed by atoms with Gasteiger partial charge in [-0.15, -0.1) is 5.10 Å². The van der Waals surface area contributed by atoms with E-state index in [1.54, 1.807) is 4.68 Å². The van der Waals surface area contributed by atoms with Crippen LogP contribution in [0.15, 0.2) is 30.3 Å². The molecule has 1 saturated carbocycles. The second kappa shape index (κ2) is 4.49. The fourth-order valence-corrected chi connectivity index (χ4v) is 2.49. The van der Waals surface area contributed by atoms with E-state index in [4.69, 9.17) is 0 Å². The Bertz CT molecular complexity index is 513. The maximum absolute atomic E-state index is 9.52. The topological polar surface area (TPSA) is 63.8 Å². The lowest BCUT2D eigenvalue weighted by atomic mass is 9.67. The van der Waals surface area contributed by atoms with Crippen molar-refractivity contribution in [2.45, 2.75) is 25.7 Å². The van der Waals surface area contributed by atoms with Gasteiger partial charge in [0.15, 0.2) is 5.82 Å². The molecule has 1 heterocycles. The monoisotopic (exact) mass is 244 g/mol. The summed E-state index contributed by atoms with van der Waals surface area (Å²) in [7, 11) is 0. The zero-order valence-corrected chi connectivity index (χ0v) is 10.2. The summed E-state index contributed by atoms with van der Waals surface area (Å²) in [5.41, 5.74) is 0.964. The molecule has 0 amide bonds. The van der Waals surface area contributed by atoms with Crippen LogP contribution in [0.4, 0.5) is 0 Å². The molecule has 0 aliphatic heterocycles. The van der Waals surface area contributed by atoms with Crippen LogP contribution < -0.4 is 0 Å². The van der Waals surface area contributed by atoms with Gasteiger partial charge in [0.25, 0.3) is 0 Å². The van der Waals surface area contributed by atoms with Crippen LogP contribution in [-0.2, 0) is 6.42 Å². The first-order valence-electron chi connectivity index (χ1n) is 6.27. The van der Waals surface area contributed by atoms with Crippen LogP contribution in [-0.4, -0.2) is 31.9 Å². The van der Waals surface area contributed by atoms with E-state index in [9.17, 15) is 5.11 Å². The number of rotatable bonds is 4. The van der Waals surface area contributed by atoms with Gasteiger partial charge in [0.2, 0.25) is 0 Å². The molecule has 1 aromatic heterocycles. The number of aliphatic hydroxyl groups excluding tert-OH is 1. The van der Waals surface area contributed by atoms with Gasteiger partial charge in [0.1, 0.15) is 0 Å². The lowest BCUT2D eigenvalue weighted by Crippen LogP contribution is -2.36. The SMILES string of the molecule is OCC1(Cc2nnnn2-c2ccccc2)CCC1. The van der Waals surface area contributed by atoms with E-state index in [2.05, 4.69) is 15.5 Å². The van der Waals surface area contributed by atoms with E-state index in [0.717, 1.165) is 30.8 Å². The van der Waals surface area contributed by atoms with Crippen LogP contribution in [0.5, 0.6) is 0 Å². The Hall–Kier alpha value is -1.75. The predicted octanol–water partition coefficient (Wildman–Crippen LogP) is 1.37. The summed E-state index contributed by atoms with van der Waals surface area (Å²) in [6, 6.07) is 9.85. The Balaban J connectivity index is 1.88. The fourth-order valence-electron chi connectivity index (χ4n) is 2.49. The molecule has 94 valence electrons. The van der Waals surface area contributed by atoms with Crippen molar-refractivity contribution in [3.05, 3.63) is 36.2 Å². The highest BCUT2D eigenvalue weighted by atomic mass is 16.3. The molecule has 5 heteroatoms. The number of hydrogen-bond acceptors (Lipinski definition) is 4. The summed E-state index contributed by atoms with van der Waals surface area (Å²) in [4.78, 5) is 0. The fraction of sp³-hybridized carbons (Fsp3) is 0.462. The first-order chi connectivity index (χ1) is 8.83. The van der Waals surface area contributed by atoms with Gasteiger partial charge in [-0.2, -0.15) is 4.68 Å². The van der Waals surface area contributed by atoms with Crippen molar-refractivity contribution >= 4 is 0 Å².